The number of carbonyl (C=O) groups excluding carboxylic acids is 2. The van der Waals surface area contributed by atoms with Crippen LogP contribution in [0.25, 0.3) is 0 Å². The predicted octanol–water partition coefficient (Wildman–Crippen LogP) is -0.0465. The van der Waals surface area contributed by atoms with E-state index in [2.05, 4.69) is 15.6 Å². The second-order valence-electron chi connectivity index (χ2n) is 4.99. The van der Waals surface area contributed by atoms with Crippen LogP contribution in [0.3, 0.4) is 0 Å². The van der Waals surface area contributed by atoms with Gasteiger partial charge >= 0.3 is 0 Å². The molecule has 0 aromatic carbocycles. The smallest absolute Gasteiger partial charge is 0.241 e. The highest BCUT2D eigenvalue weighted by atomic mass is 16.2. The number of hydrogen-bond donors (Lipinski definition) is 2. The number of nitriles is 1. The van der Waals surface area contributed by atoms with Crippen LogP contribution < -0.4 is 10.6 Å². The average molecular weight is 304 g/mol. The number of likely N-dealkylation sites (N-methyl/N-ethyl adjacent to an activating group) is 2. The molecule has 1 rings (SSSR count). The maximum Gasteiger partial charge on any atom is 0.241 e. The van der Waals surface area contributed by atoms with Gasteiger partial charge in [0.2, 0.25) is 11.8 Å². The van der Waals surface area contributed by atoms with Gasteiger partial charge < -0.3 is 20.4 Å². The van der Waals surface area contributed by atoms with E-state index in [0.29, 0.717) is 17.2 Å². The lowest BCUT2D eigenvalue weighted by Crippen LogP contribution is -2.29. The third-order valence-corrected chi connectivity index (χ3v) is 2.84. The standard InChI is InChI=1S/C14H20N6O2/c1-19(2)12(21)8-16-11-6-5-10(7-15)14(18-11)17-9-13(22)20(3)4/h5-6H,8-9H2,1-4H3,(H2,16,17,18). The van der Waals surface area contributed by atoms with E-state index in [1.165, 1.54) is 9.80 Å². The first-order valence-corrected chi connectivity index (χ1v) is 6.64. The third kappa shape index (κ3) is 4.94. The van der Waals surface area contributed by atoms with Gasteiger partial charge in [0.1, 0.15) is 17.7 Å². The second kappa shape index (κ2) is 7.83. The van der Waals surface area contributed by atoms with Crippen molar-refractivity contribution in [2.24, 2.45) is 0 Å². The molecule has 22 heavy (non-hydrogen) atoms. The predicted molar refractivity (Wildman–Crippen MR) is 83.3 cm³/mol. The number of carbonyl (C=O) groups is 2. The minimum absolute atomic E-state index is 0.0365. The van der Waals surface area contributed by atoms with E-state index in [0.717, 1.165) is 0 Å². The van der Waals surface area contributed by atoms with Crippen LogP contribution in [0, 0.1) is 11.3 Å². The summed E-state index contributed by atoms with van der Waals surface area (Å²) < 4.78 is 0. The van der Waals surface area contributed by atoms with Crippen molar-refractivity contribution in [3.63, 3.8) is 0 Å². The first-order valence-electron chi connectivity index (χ1n) is 6.64. The Balaban J connectivity index is 2.78. The molecule has 8 nitrogen and oxygen atoms in total. The van der Waals surface area contributed by atoms with Crippen LogP contribution in [-0.2, 0) is 9.59 Å². The van der Waals surface area contributed by atoms with Gasteiger partial charge in [-0.15, -0.1) is 0 Å². The number of nitrogens with zero attached hydrogens (tertiary/aromatic N) is 4. The zero-order valence-electron chi connectivity index (χ0n) is 13.2. The first kappa shape index (κ1) is 17.2. The molecule has 0 atom stereocenters. The summed E-state index contributed by atoms with van der Waals surface area (Å²) in [5.74, 6) is 0.532. The largest absolute Gasteiger partial charge is 0.361 e. The van der Waals surface area contributed by atoms with Crippen molar-refractivity contribution in [3.05, 3.63) is 17.7 Å². The van der Waals surface area contributed by atoms with Crippen molar-refractivity contribution in [2.45, 2.75) is 0 Å². The molecule has 0 unspecified atom stereocenters. The Morgan fingerprint density at radius 3 is 2.14 bits per heavy atom. The van der Waals surface area contributed by atoms with Crippen LogP contribution in [0.15, 0.2) is 12.1 Å². The maximum absolute atomic E-state index is 11.6. The lowest BCUT2D eigenvalue weighted by molar-refractivity contribution is -0.127. The summed E-state index contributed by atoms with van der Waals surface area (Å²) >= 11 is 0. The molecule has 1 aromatic heterocycles. The molecule has 0 aliphatic heterocycles. The molecule has 0 radical (unpaired) electrons. The van der Waals surface area contributed by atoms with Crippen LogP contribution in [0.1, 0.15) is 5.56 Å². The fourth-order valence-electron chi connectivity index (χ4n) is 1.42. The molecule has 8 heteroatoms. The zero-order chi connectivity index (χ0) is 16.7. The molecule has 0 fully saturated rings. The number of nitrogens with one attached hydrogen (secondary N) is 2. The van der Waals surface area contributed by atoms with Gasteiger partial charge in [0.15, 0.2) is 0 Å². The quantitative estimate of drug-likeness (QED) is 0.764. The minimum Gasteiger partial charge on any atom is -0.361 e. The molecule has 1 heterocycles. The summed E-state index contributed by atoms with van der Waals surface area (Å²) in [6, 6.07) is 5.20. The minimum atomic E-state index is -0.133. The number of anilines is 2. The first-order chi connectivity index (χ1) is 10.3. The Labute approximate surface area is 129 Å². The summed E-state index contributed by atoms with van der Waals surface area (Å²) in [7, 11) is 6.62. The van der Waals surface area contributed by atoms with Crippen LogP contribution in [-0.4, -0.2) is 67.9 Å². The van der Waals surface area contributed by atoms with E-state index in [9.17, 15) is 9.59 Å². The van der Waals surface area contributed by atoms with Crippen LogP contribution in [0.4, 0.5) is 11.6 Å². The number of pyridine rings is 1. The van der Waals surface area contributed by atoms with E-state index in [4.69, 9.17) is 5.26 Å². The van der Waals surface area contributed by atoms with Crippen LogP contribution in [0.5, 0.6) is 0 Å². The molecule has 0 saturated carbocycles. The molecular weight excluding hydrogens is 284 g/mol. The summed E-state index contributed by atoms with van der Waals surface area (Å²) in [4.78, 5) is 30.2. The number of aromatic nitrogens is 1. The van der Waals surface area contributed by atoms with Gasteiger partial charge in [-0.05, 0) is 12.1 Å². The SMILES string of the molecule is CN(C)C(=O)CNc1ccc(C#N)c(NCC(=O)N(C)C)n1. The van der Waals surface area contributed by atoms with Gasteiger partial charge in [0.05, 0.1) is 18.7 Å². The molecule has 0 spiro atoms. The molecule has 2 amide bonds. The Bertz CT molecular complexity index is 591. The van der Waals surface area contributed by atoms with Crippen molar-refractivity contribution in [2.75, 3.05) is 51.9 Å². The van der Waals surface area contributed by atoms with E-state index >= 15 is 0 Å². The van der Waals surface area contributed by atoms with Crippen LogP contribution in [0.2, 0.25) is 0 Å². The monoisotopic (exact) mass is 304 g/mol. The Morgan fingerprint density at radius 1 is 1.09 bits per heavy atom. The molecule has 2 N–H and O–H groups in total. The number of hydrogen-bond acceptors (Lipinski definition) is 6. The fourth-order valence-corrected chi connectivity index (χ4v) is 1.42. The van der Waals surface area contributed by atoms with Crippen molar-refractivity contribution in [1.29, 1.82) is 5.26 Å². The van der Waals surface area contributed by atoms with Crippen molar-refractivity contribution in [3.8, 4) is 6.07 Å². The Morgan fingerprint density at radius 2 is 1.64 bits per heavy atom. The van der Waals surface area contributed by atoms with Crippen molar-refractivity contribution >= 4 is 23.5 Å². The second-order valence-corrected chi connectivity index (χ2v) is 4.99. The summed E-state index contributed by atoms with van der Waals surface area (Å²) in [6.07, 6.45) is 0. The van der Waals surface area contributed by atoms with Gasteiger partial charge in [0, 0.05) is 28.2 Å². The average Bonchev–Trinajstić information content (AvgIpc) is 2.49. The highest BCUT2D eigenvalue weighted by Crippen LogP contribution is 2.15. The van der Waals surface area contributed by atoms with Gasteiger partial charge in [-0.1, -0.05) is 0 Å². The lowest BCUT2D eigenvalue weighted by Gasteiger charge is -2.14. The fraction of sp³-hybridized carbons (Fsp3) is 0.429. The highest BCUT2D eigenvalue weighted by Gasteiger charge is 2.10. The number of amides is 2. The van der Waals surface area contributed by atoms with Gasteiger partial charge in [0.25, 0.3) is 0 Å². The summed E-state index contributed by atoms with van der Waals surface area (Å²) in [5.41, 5.74) is 0.330. The van der Waals surface area contributed by atoms with Gasteiger partial charge in [-0.25, -0.2) is 4.98 Å². The van der Waals surface area contributed by atoms with E-state index in [1.54, 1.807) is 40.3 Å². The lowest BCUT2D eigenvalue weighted by atomic mass is 10.2. The normalized spacial score (nSPS) is 9.59. The topological polar surface area (TPSA) is 101 Å². The van der Waals surface area contributed by atoms with Crippen molar-refractivity contribution < 1.29 is 9.59 Å². The molecule has 0 bridgehead atoms. The van der Waals surface area contributed by atoms with E-state index < -0.39 is 0 Å². The van der Waals surface area contributed by atoms with Gasteiger partial charge in [-0.2, -0.15) is 5.26 Å². The number of rotatable bonds is 6. The molecule has 1 aromatic rings. The van der Waals surface area contributed by atoms with E-state index in [-0.39, 0.29) is 24.9 Å². The van der Waals surface area contributed by atoms with Gasteiger partial charge in [-0.3, -0.25) is 9.59 Å². The zero-order valence-corrected chi connectivity index (χ0v) is 13.2. The highest BCUT2D eigenvalue weighted by molar-refractivity contribution is 5.81. The maximum atomic E-state index is 11.6. The summed E-state index contributed by atoms with van der Waals surface area (Å²) in [5, 5.41) is 14.8. The molecule has 0 saturated heterocycles. The molecule has 118 valence electrons. The molecular formula is C14H20N6O2. The molecule has 0 aliphatic rings. The Hall–Kier alpha value is -2.82. The van der Waals surface area contributed by atoms with E-state index in [1.807, 2.05) is 6.07 Å². The summed E-state index contributed by atoms with van der Waals surface area (Å²) in [6.45, 7) is 0.136. The Kier molecular flexibility index (Phi) is 6.13. The van der Waals surface area contributed by atoms with Crippen molar-refractivity contribution in [1.82, 2.24) is 14.8 Å². The third-order valence-electron chi connectivity index (χ3n) is 2.84. The molecule has 0 aliphatic carbocycles. The van der Waals surface area contributed by atoms with Crippen LogP contribution >= 0.6 is 0 Å².